The van der Waals surface area contributed by atoms with Crippen molar-refractivity contribution in [3.63, 3.8) is 0 Å². The molecule has 2 aromatic rings. The van der Waals surface area contributed by atoms with Crippen molar-refractivity contribution < 1.29 is 0 Å². The Labute approximate surface area is 110 Å². The first kappa shape index (κ1) is 11.2. The molecule has 0 saturated heterocycles. The van der Waals surface area contributed by atoms with E-state index in [0.717, 1.165) is 14.0 Å². The van der Waals surface area contributed by atoms with Crippen molar-refractivity contribution in [2.45, 2.75) is 9.92 Å². The molecule has 1 nitrogen and oxygen atoms in total. The number of pyridine rings is 1. The summed E-state index contributed by atoms with van der Waals surface area (Å²) in [5.74, 6) is 0. The van der Waals surface area contributed by atoms with Crippen LogP contribution in [0.2, 0.25) is 0 Å². The molecule has 0 bridgehead atoms. The van der Waals surface area contributed by atoms with Crippen LogP contribution in [-0.4, -0.2) is 4.98 Å². The second-order valence-corrected chi connectivity index (χ2v) is 5.80. The summed E-state index contributed by atoms with van der Waals surface area (Å²) < 4.78 is 2.09. The van der Waals surface area contributed by atoms with Crippen LogP contribution in [0.25, 0.3) is 0 Å². The van der Waals surface area contributed by atoms with Crippen LogP contribution in [0.3, 0.4) is 0 Å². The predicted octanol–water partition coefficient (Wildman–Crippen LogP) is 4.76. The smallest absolute Gasteiger partial charge is 0.101 e. The highest BCUT2D eigenvalue weighted by Crippen LogP contribution is 2.28. The SMILES string of the molecule is Brc1ccc(Sc2cccc(Br)c2)nc1. The first-order valence-corrected chi connectivity index (χ1v) is 6.69. The fraction of sp³-hybridized carbons (Fsp3) is 0. The summed E-state index contributed by atoms with van der Waals surface area (Å²) in [6, 6.07) is 12.2. The van der Waals surface area contributed by atoms with Gasteiger partial charge < -0.3 is 0 Å². The van der Waals surface area contributed by atoms with Crippen molar-refractivity contribution in [2.75, 3.05) is 0 Å². The molecule has 0 fully saturated rings. The Balaban J connectivity index is 2.18. The normalized spacial score (nSPS) is 10.3. The number of halogens is 2. The van der Waals surface area contributed by atoms with Gasteiger partial charge in [-0.3, -0.25) is 0 Å². The molecule has 0 saturated carbocycles. The lowest BCUT2D eigenvalue weighted by Crippen LogP contribution is -1.78. The van der Waals surface area contributed by atoms with E-state index in [4.69, 9.17) is 0 Å². The number of hydrogen-bond donors (Lipinski definition) is 0. The van der Waals surface area contributed by atoms with E-state index in [-0.39, 0.29) is 0 Å². The molecule has 1 aromatic carbocycles. The molecule has 4 heteroatoms. The van der Waals surface area contributed by atoms with Gasteiger partial charge in [-0.2, -0.15) is 0 Å². The van der Waals surface area contributed by atoms with Crippen molar-refractivity contribution in [1.82, 2.24) is 4.98 Å². The van der Waals surface area contributed by atoms with E-state index in [1.807, 2.05) is 24.3 Å². The van der Waals surface area contributed by atoms with Gasteiger partial charge in [-0.15, -0.1) is 0 Å². The minimum atomic E-state index is 0.997. The molecule has 1 heterocycles. The maximum atomic E-state index is 4.30. The van der Waals surface area contributed by atoms with Crippen LogP contribution in [0, 0.1) is 0 Å². The fourth-order valence-corrected chi connectivity index (χ4v) is 2.67. The molecule has 0 aliphatic rings. The lowest BCUT2D eigenvalue weighted by Gasteiger charge is -2.01. The maximum absolute atomic E-state index is 4.30. The van der Waals surface area contributed by atoms with Crippen LogP contribution in [0.4, 0.5) is 0 Å². The molecule has 15 heavy (non-hydrogen) atoms. The third-order valence-electron chi connectivity index (χ3n) is 1.72. The van der Waals surface area contributed by atoms with Gasteiger partial charge in [-0.25, -0.2) is 4.98 Å². The second kappa shape index (κ2) is 5.14. The molecule has 0 spiro atoms. The molecule has 0 aliphatic heterocycles. The zero-order valence-corrected chi connectivity index (χ0v) is 11.6. The Morgan fingerprint density at radius 2 is 1.87 bits per heavy atom. The average molecular weight is 345 g/mol. The topological polar surface area (TPSA) is 12.9 Å². The highest BCUT2D eigenvalue weighted by Gasteiger charge is 1.98. The van der Waals surface area contributed by atoms with Crippen LogP contribution in [-0.2, 0) is 0 Å². The van der Waals surface area contributed by atoms with E-state index in [1.54, 1.807) is 18.0 Å². The van der Waals surface area contributed by atoms with Crippen molar-refractivity contribution >= 4 is 43.6 Å². The number of benzene rings is 1. The van der Waals surface area contributed by atoms with E-state index in [0.29, 0.717) is 0 Å². The first-order chi connectivity index (χ1) is 7.24. The summed E-state index contributed by atoms with van der Waals surface area (Å²) >= 11 is 8.46. The number of aromatic nitrogens is 1. The summed E-state index contributed by atoms with van der Waals surface area (Å²) in [6.45, 7) is 0. The first-order valence-electron chi connectivity index (χ1n) is 4.29. The predicted molar refractivity (Wildman–Crippen MR) is 70.2 cm³/mol. The summed E-state index contributed by atoms with van der Waals surface area (Å²) in [7, 11) is 0. The number of hydrogen-bond acceptors (Lipinski definition) is 2. The van der Waals surface area contributed by atoms with Gasteiger partial charge >= 0.3 is 0 Å². The summed E-state index contributed by atoms with van der Waals surface area (Å²) in [5, 5.41) is 0.997. The zero-order valence-electron chi connectivity index (χ0n) is 7.65. The third-order valence-corrected chi connectivity index (χ3v) is 3.62. The highest BCUT2D eigenvalue weighted by atomic mass is 79.9. The molecular formula is C11H7Br2NS. The highest BCUT2D eigenvalue weighted by molar-refractivity contribution is 9.10. The van der Waals surface area contributed by atoms with Gasteiger partial charge in [0.25, 0.3) is 0 Å². The molecular weight excluding hydrogens is 338 g/mol. The molecule has 0 radical (unpaired) electrons. The van der Waals surface area contributed by atoms with Gasteiger partial charge in [0.15, 0.2) is 0 Å². The van der Waals surface area contributed by atoms with E-state index in [9.17, 15) is 0 Å². The molecule has 0 unspecified atom stereocenters. The van der Waals surface area contributed by atoms with Crippen molar-refractivity contribution in [3.05, 3.63) is 51.5 Å². The molecule has 2 rings (SSSR count). The van der Waals surface area contributed by atoms with Crippen LogP contribution in [0.1, 0.15) is 0 Å². The fourth-order valence-electron chi connectivity index (χ4n) is 1.07. The Kier molecular flexibility index (Phi) is 3.83. The van der Waals surface area contributed by atoms with Crippen LogP contribution >= 0.6 is 43.6 Å². The van der Waals surface area contributed by atoms with Crippen LogP contribution < -0.4 is 0 Å². The van der Waals surface area contributed by atoms with E-state index in [1.165, 1.54) is 4.90 Å². The number of rotatable bonds is 2. The Morgan fingerprint density at radius 1 is 1.00 bits per heavy atom. The van der Waals surface area contributed by atoms with Gasteiger partial charge in [0.2, 0.25) is 0 Å². The average Bonchev–Trinajstić information content (AvgIpc) is 2.22. The van der Waals surface area contributed by atoms with Gasteiger partial charge in [0, 0.05) is 20.0 Å². The Bertz CT molecular complexity index is 456. The third kappa shape index (κ3) is 3.33. The minimum Gasteiger partial charge on any atom is -0.248 e. The standard InChI is InChI=1S/C11H7Br2NS/c12-8-2-1-3-10(6-8)15-11-5-4-9(13)7-14-11/h1-7H. The summed E-state index contributed by atoms with van der Waals surface area (Å²) in [4.78, 5) is 5.48. The van der Waals surface area contributed by atoms with E-state index in [2.05, 4.69) is 49.0 Å². The van der Waals surface area contributed by atoms with Gasteiger partial charge in [0.1, 0.15) is 5.03 Å². The van der Waals surface area contributed by atoms with E-state index >= 15 is 0 Å². The lowest BCUT2D eigenvalue weighted by molar-refractivity contribution is 1.12. The molecule has 0 aliphatic carbocycles. The Hall–Kier alpha value is -0.320. The quantitative estimate of drug-likeness (QED) is 0.779. The van der Waals surface area contributed by atoms with Crippen molar-refractivity contribution in [2.24, 2.45) is 0 Å². The molecule has 0 amide bonds. The van der Waals surface area contributed by atoms with Crippen molar-refractivity contribution in [3.8, 4) is 0 Å². The van der Waals surface area contributed by atoms with Crippen molar-refractivity contribution in [1.29, 1.82) is 0 Å². The molecule has 0 atom stereocenters. The van der Waals surface area contributed by atoms with Crippen LogP contribution in [0.5, 0.6) is 0 Å². The van der Waals surface area contributed by atoms with E-state index < -0.39 is 0 Å². The molecule has 76 valence electrons. The van der Waals surface area contributed by atoms with Gasteiger partial charge in [-0.1, -0.05) is 33.8 Å². The lowest BCUT2D eigenvalue weighted by atomic mass is 10.4. The summed E-state index contributed by atoms with van der Waals surface area (Å²) in [5.41, 5.74) is 0. The second-order valence-electron chi connectivity index (χ2n) is 2.87. The monoisotopic (exact) mass is 343 g/mol. The Morgan fingerprint density at radius 3 is 2.53 bits per heavy atom. The largest absolute Gasteiger partial charge is 0.248 e. The van der Waals surface area contributed by atoms with Crippen LogP contribution in [0.15, 0.2) is 61.5 Å². The van der Waals surface area contributed by atoms with Gasteiger partial charge in [-0.05, 0) is 46.3 Å². The maximum Gasteiger partial charge on any atom is 0.101 e. The van der Waals surface area contributed by atoms with Gasteiger partial charge in [0.05, 0.1) is 0 Å². The zero-order chi connectivity index (χ0) is 10.7. The molecule has 0 N–H and O–H groups in total. The molecule has 1 aromatic heterocycles. The summed E-state index contributed by atoms with van der Waals surface area (Å²) in [6.07, 6.45) is 1.81. The number of nitrogens with zero attached hydrogens (tertiary/aromatic N) is 1. The minimum absolute atomic E-state index is 0.997.